The molecular weight excluding hydrogens is 224 g/mol. The largest absolute Gasteiger partial charge is 0.495 e. The van der Waals surface area contributed by atoms with Crippen LogP contribution in [0.3, 0.4) is 0 Å². The van der Waals surface area contributed by atoms with E-state index in [1.54, 1.807) is 7.11 Å². The Labute approximate surface area is 109 Å². The molecule has 0 aliphatic heterocycles. The molecule has 1 saturated carbocycles. The van der Waals surface area contributed by atoms with Gasteiger partial charge in [0.2, 0.25) is 0 Å². The fourth-order valence-corrected chi connectivity index (χ4v) is 2.49. The van der Waals surface area contributed by atoms with E-state index >= 15 is 0 Å². The van der Waals surface area contributed by atoms with Crippen LogP contribution in [0, 0.1) is 11.3 Å². The molecule has 0 unspecified atom stereocenters. The van der Waals surface area contributed by atoms with E-state index in [1.807, 2.05) is 18.2 Å². The van der Waals surface area contributed by atoms with E-state index < -0.39 is 0 Å². The maximum absolute atomic E-state index is 8.94. The van der Waals surface area contributed by atoms with Crippen LogP contribution in [0.2, 0.25) is 0 Å². The van der Waals surface area contributed by atoms with Crippen LogP contribution in [0.25, 0.3) is 0 Å². The van der Waals surface area contributed by atoms with E-state index in [9.17, 15) is 0 Å². The molecule has 1 aliphatic carbocycles. The lowest BCUT2D eigenvalue weighted by Crippen LogP contribution is -2.49. The lowest BCUT2D eigenvalue weighted by Gasteiger charge is -2.42. The highest BCUT2D eigenvalue weighted by Crippen LogP contribution is 2.35. The summed E-state index contributed by atoms with van der Waals surface area (Å²) in [6.07, 6.45) is 5.06. The minimum Gasteiger partial charge on any atom is -0.495 e. The summed E-state index contributed by atoms with van der Waals surface area (Å²) in [4.78, 5) is 0. The highest BCUT2D eigenvalue weighted by atomic mass is 16.5. The molecule has 0 saturated heterocycles. The van der Waals surface area contributed by atoms with E-state index in [0.717, 1.165) is 6.54 Å². The Balaban J connectivity index is 2.04. The highest BCUT2D eigenvalue weighted by molar-refractivity contribution is 5.45. The molecule has 3 heteroatoms. The van der Waals surface area contributed by atoms with Gasteiger partial charge in [0.1, 0.15) is 11.8 Å². The van der Waals surface area contributed by atoms with Crippen LogP contribution in [-0.4, -0.2) is 12.6 Å². The van der Waals surface area contributed by atoms with Gasteiger partial charge in [0.15, 0.2) is 0 Å². The molecule has 1 aromatic carbocycles. The van der Waals surface area contributed by atoms with Gasteiger partial charge in [0, 0.05) is 12.1 Å². The highest BCUT2D eigenvalue weighted by Gasteiger charge is 2.34. The molecule has 0 amide bonds. The standard InChI is InChI=1S/C15H20N2O/c1-3-15(7-4-8-15)17-11-12-5-6-13(10-16)14(9-12)18-2/h5-6,9,17H,3-4,7-8,11H2,1-2H3. The summed E-state index contributed by atoms with van der Waals surface area (Å²) in [5, 5.41) is 12.6. The molecule has 96 valence electrons. The first-order valence-corrected chi connectivity index (χ1v) is 6.55. The zero-order chi connectivity index (χ0) is 13.0. The maximum Gasteiger partial charge on any atom is 0.136 e. The lowest BCUT2D eigenvalue weighted by molar-refractivity contribution is 0.175. The van der Waals surface area contributed by atoms with Crippen LogP contribution >= 0.6 is 0 Å². The van der Waals surface area contributed by atoms with Gasteiger partial charge < -0.3 is 10.1 Å². The zero-order valence-electron chi connectivity index (χ0n) is 11.1. The molecule has 1 aliphatic rings. The quantitative estimate of drug-likeness (QED) is 0.866. The van der Waals surface area contributed by atoms with Crippen LogP contribution in [0.15, 0.2) is 18.2 Å². The molecule has 2 rings (SSSR count). The monoisotopic (exact) mass is 244 g/mol. The van der Waals surface area contributed by atoms with Crippen LogP contribution in [-0.2, 0) is 6.54 Å². The van der Waals surface area contributed by atoms with Gasteiger partial charge in [0.05, 0.1) is 12.7 Å². The van der Waals surface area contributed by atoms with Crippen molar-refractivity contribution in [2.24, 2.45) is 0 Å². The first-order valence-electron chi connectivity index (χ1n) is 6.55. The fraction of sp³-hybridized carbons (Fsp3) is 0.533. The van der Waals surface area contributed by atoms with Gasteiger partial charge in [-0.15, -0.1) is 0 Å². The van der Waals surface area contributed by atoms with E-state index in [4.69, 9.17) is 10.00 Å². The van der Waals surface area contributed by atoms with Crippen molar-refractivity contribution in [2.75, 3.05) is 7.11 Å². The van der Waals surface area contributed by atoms with Gasteiger partial charge in [-0.05, 0) is 43.4 Å². The summed E-state index contributed by atoms with van der Waals surface area (Å²) >= 11 is 0. The number of rotatable bonds is 5. The van der Waals surface area contributed by atoms with Crippen molar-refractivity contribution in [2.45, 2.75) is 44.7 Å². The van der Waals surface area contributed by atoms with Crippen molar-refractivity contribution < 1.29 is 4.74 Å². The number of ether oxygens (including phenoxy) is 1. The van der Waals surface area contributed by atoms with E-state index in [-0.39, 0.29) is 0 Å². The lowest BCUT2D eigenvalue weighted by atomic mass is 9.75. The second-order valence-electron chi connectivity index (χ2n) is 4.99. The molecule has 0 bridgehead atoms. The molecule has 0 radical (unpaired) electrons. The Morgan fingerprint density at radius 3 is 2.72 bits per heavy atom. The smallest absolute Gasteiger partial charge is 0.136 e. The van der Waals surface area contributed by atoms with Gasteiger partial charge in [-0.3, -0.25) is 0 Å². The number of methoxy groups -OCH3 is 1. The number of benzene rings is 1. The minimum atomic E-state index is 0.348. The Hall–Kier alpha value is -1.53. The average molecular weight is 244 g/mol. The third-order valence-corrected chi connectivity index (χ3v) is 4.04. The van der Waals surface area contributed by atoms with Gasteiger partial charge in [-0.25, -0.2) is 0 Å². The molecule has 0 aromatic heterocycles. The van der Waals surface area contributed by atoms with Crippen molar-refractivity contribution in [3.05, 3.63) is 29.3 Å². The molecule has 3 nitrogen and oxygen atoms in total. The van der Waals surface area contributed by atoms with Crippen molar-refractivity contribution >= 4 is 0 Å². The van der Waals surface area contributed by atoms with Gasteiger partial charge in [-0.1, -0.05) is 13.0 Å². The molecule has 18 heavy (non-hydrogen) atoms. The topological polar surface area (TPSA) is 45.0 Å². The molecule has 0 heterocycles. The van der Waals surface area contributed by atoms with Gasteiger partial charge >= 0.3 is 0 Å². The van der Waals surface area contributed by atoms with Gasteiger partial charge in [0.25, 0.3) is 0 Å². The first kappa shape index (κ1) is 12.9. The maximum atomic E-state index is 8.94. The Morgan fingerprint density at radius 2 is 2.22 bits per heavy atom. The molecule has 1 aromatic rings. The predicted octanol–water partition coefficient (Wildman–Crippen LogP) is 2.99. The second-order valence-corrected chi connectivity index (χ2v) is 4.99. The van der Waals surface area contributed by atoms with Crippen LogP contribution in [0.5, 0.6) is 5.75 Å². The van der Waals surface area contributed by atoms with Crippen LogP contribution in [0.4, 0.5) is 0 Å². The summed E-state index contributed by atoms with van der Waals surface area (Å²) < 4.78 is 5.23. The van der Waals surface area contributed by atoms with E-state index in [0.29, 0.717) is 16.9 Å². The van der Waals surface area contributed by atoms with E-state index in [1.165, 1.54) is 31.2 Å². The molecular formula is C15H20N2O. The second kappa shape index (κ2) is 5.41. The number of nitriles is 1. The summed E-state index contributed by atoms with van der Waals surface area (Å²) in [6, 6.07) is 7.91. The summed E-state index contributed by atoms with van der Waals surface area (Å²) in [7, 11) is 1.60. The zero-order valence-corrected chi connectivity index (χ0v) is 11.1. The minimum absolute atomic E-state index is 0.348. The van der Waals surface area contributed by atoms with Crippen LogP contribution in [0.1, 0.15) is 43.7 Å². The Kier molecular flexibility index (Phi) is 3.88. The number of hydrogen-bond acceptors (Lipinski definition) is 3. The third-order valence-electron chi connectivity index (χ3n) is 4.04. The SMILES string of the molecule is CCC1(NCc2ccc(C#N)c(OC)c2)CCC1. The number of nitrogens with zero attached hydrogens (tertiary/aromatic N) is 1. The Morgan fingerprint density at radius 1 is 1.44 bits per heavy atom. The molecule has 0 spiro atoms. The van der Waals surface area contributed by atoms with Crippen molar-refractivity contribution in [1.82, 2.24) is 5.32 Å². The van der Waals surface area contributed by atoms with Gasteiger partial charge in [-0.2, -0.15) is 5.26 Å². The first-order chi connectivity index (χ1) is 8.73. The van der Waals surface area contributed by atoms with Crippen molar-refractivity contribution in [1.29, 1.82) is 5.26 Å². The summed E-state index contributed by atoms with van der Waals surface area (Å²) in [5.74, 6) is 0.663. The summed E-state index contributed by atoms with van der Waals surface area (Å²) in [6.45, 7) is 3.08. The third kappa shape index (κ3) is 2.49. The molecule has 1 N–H and O–H groups in total. The predicted molar refractivity (Wildman–Crippen MR) is 71.4 cm³/mol. The molecule has 1 fully saturated rings. The van der Waals surface area contributed by atoms with E-state index in [2.05, 4.69) is 18.3 Å². The van der Waals surface area contributed by atoms with Crippen molar-refractivity contribution in [3.8, 4) is 11.8 Å². The van der Waals surface area contributed by atoms with Crippen molar-refractivity contribution in [3.63, 3.8) is 0 Å². The number of hydrogen-bond donors (Lipinski definition) is 1. The average Bonchev–Trinajstić information content (AvgIpc) is 2.37. The van der Waals surface area contributed by atoms with Crippen LogP contribution < -0.4 is 10.1 Å². The summed E-state index contributed by atoms with van der Waals surface area (Å²) in [5.41, 5.74) is 2.11. The fourth-order valence-electron chi connectivity index (χ4n) is 2.49. The number of nitrogens with one attached hydrogen (secondary N) is 1. The normalized spacial score (nSPS) is 16.7. The Bertz CT molecular complexity index is 453. The molecule has 0 atom stereocenters.